The molecule has 0 saturated carbocycles. The summed E-state index contributed by atoms with van der Waals surface area (Å²) in [5, 5.41) is 0. The monoisotopic (exact) mass is 257 g/mol. The summed E-state index contributed by atoms with van der Waals surface area (Å²) in [5.41, 5.74) is 0. The number of halogens is 1. The van der Waals surface area contributed by atoms with E-state index in [0.29, 0.717) is 8.79 Å². The lowest BCUT2D eigenvalue weighted by Crippen LogP contribution is -1.81. The van der Waals surface area contributed by atoms with Crippen molar-refractivity contribution in [3.05, 3.63) is 15.0 Å². The summed E-state index contributed by atoms with van der Waals surface area (Å²) in [6.45, 7) is 0. The molecule has 4 nitrogen and oxygen atoms in total. The molecule has 0 bridgehead atoms. The van der Waals surface area contributed by atoms with Gasteiger partial charge in [-0.2, -0.15) is 0 Å². The lowest BCUT2D eigenvalue weighted by Gasteiger charge is -1.98. The zero-order chi connectivity index (χ0) is 8.48. The zero-order valence-corrected chi connectivity index (χ0v) is 8.56. The average Bonchev–Trinajstić information content (AvgIpc) is 2.10. The second-order valence-electron chi connectivity index (χ2n) is 1.90. The fraction of sp³-hybridized carbons (Fsp3) is 0.250. The van der Waals surface area contributed by atoms with Gasteiger partial charge in [0.1, 0.15) is 0 Å². The van der Waals surface area contributed by atoms with Gasteiger partial charge in [0, 0.05) is 11.1 Å². The fourth-order valence-electron chi connectivity index (χ4n) is 0.560. The van der Waals surface area contributed by atoms with Crippen LogP contribution >= 0.6 is 34.9 Å². The highest BCUT2D eigenvalue weighted by Crippen LogP contribution is 2.40. The van der Waals surface area contributed by atoms with Gasteiger partial charge in [0.05, 0.1) is 6.16 Å². The van der Waals surface area contributed by atoms with Crippen LogP contribution in [0.1, 0.15) is 4.88 Å². The maximum Gasteiger partial charge on any atom is 0.330 e. The van der Waals surface area contributed by atoms with Crippen LogP contribution in [0.3, 0.4) is 0 Å². The Kier molecular flexibility index (Phi) is 2.83. The van der Waals surface area contributed by atoms with E-state index in [1.54, 1.807) is 0 Å². The Morgan fingerprint density at radius 2 is 2.36 bits per heavy atom. The van der Waals surface area contributed by atoms with Crippen molar-refractivity contribution in [2.24, 2.45) is 0 Å². The molecular weight excluding hydrogens is 253 g/mol. The minimum absolute atomic E-state index is 0.226. The Bertz CT molecular complexity index is 295. The third-order valence-corrected chi connectivity index (χ3v) is 3.33. The van der Waals surface area contributed by atoms with E-state index < -0.39 is 7.60 Å². The molecule has 0 fully saturated rings. The highest BCUT2D eigenvalue weighted by molar-refractivity contribution is 9.11. The van der Waals surface area contributed by atoms with Gasteiger partial charge in [-0.25, -0.2) is 4.98 Å². The van der Waals surface area contributed by atoms with Crippen molar-refractivity contribution in [1.29, 1.82) is 0 Å². The second-order valence-corrected chi connectivity index (χ2v) is 5.94. The van der Waals surface area contributed by atoms with Crippen LogP contribution in [-0.4, -0.2) is 14.8 Å². The first-order chi connectivity index (χ1) is 4.97. The first kappa shape index (κ1) is 9.35. The molecule has 1 heterocycles. The van der Waals surface area contributed by atoms with E-state index in [2.05, 4.69) is 20.9 Å². The number of thiazole rings is 1. The smallest absolute Gasteiger partial charge is 0.324 e. The summed E-state index contributed by atoms with van der Waals surface area (Å²) in [7, 11) is -3.92. The molecule has 0 aromatic carbocycles. The molecule has 1 aromatic rings. The van der Waals surface area contributed by atoms with Crippen molar-refractivity contribution >= 4 is 34.9 Å². The van der Waals surface area contributed by atoms with Gasteiger partial charge in [-0.15, -0.1) is 11.3 Å². The van der Waals surface area contributed by atoms with Crippen molar-refractivity contribution < 1.29 is 14.4 Å². The van der Waals surface area contributed by atoms with E-state index in [-0.39, 0.29) is 6.16 Å². The Morgan fingerprint density at radius 3 is 2.73 bits per heavy atom. The molecule has 62 valence electrons. The second kappa shape index (κ2) is 3.33. The molecule has 0 spiro atoms. The van der Waals surface area contributed by atoms with Gasteiger partial charge >= 0.3 is 7.60 Å². The molecule has 0 radical (unpaired) electrons. The zero-order valence-electron chi connectivity index (χ0n) is 5.27. The molecule has 0 aliphatic heterocycles. The molecule has 7 heteroatoms. The Labute approximate surface area is 75.6 Å². The molecule has 0 aliphatic carbocycles. The van der Waals surface area contributed by atoms with Gasteiger partial charge < -0.3 is 9.79 Å². The maximum absolute atomic E-state index is 10.5. The summed E-state index contributed by atoms with van der Waals surface area (Å²) in [5.74, 6) is 0. The SMILES string of the molecule is O=P(O)(O)Cc1cnc(Br)s1. The lowest BCUT2D eigenvalue weighted by atomic mass is 10.6. The van der Waals surface area contributed by atoms with Crippen molar-refractivity contribution in [1.82, 2.24) is 4.98 Å². The molecular formula is C4H5BrNO3PS. The van der Waals surface area contributed by atoms with Crippen LogP contribution < -0.4 is 0 Å². The van der Waals surface area contributed by atoms with Gasteiger partial charge in [0.2, 0.25) is 0 Å². The largest absolute Gasteiger partial charge is 0.330 e. The first-order valence-corrected chi connectivity index (χ1v) is 6.03. The van der Waals surface area contributed by atoms with E-state index in [1.165, 1.54) is 17.5 Å². The third-order valence-electron chi connectivity index (χ3n) is 0.887. The molecule has 11 heavy (non-hydrogen) atoms. The molecule has 1 rings (SSSR count). The quantitative estimate of drug-likeness (QED) is 0.790. The van der Waals surface area contributed by atoms with Crippen molar-refractivity contribution in [2.45, 2.75) is 6.16 Å². The van der Waals surface area contributed by atoms with Crippen molar-refractivity contribution in [3.63, 3.8) is 0 Å². The van der Waals surface area contributed by atoms with Gasteiger partial charge in [-0.05, 0) is 15.9 Å². The highest BCUT2D eigenvalue weighted by atomic mass is 79.9. The lowest BCUT2D eigenvalue weighted by molar-refractivity contribution is 0.372. The number of rotatable bonds is 2. The Balaban J connectivity index is 2.73. The summed E-state index contributed by atoms with van der Waals surface area (Å²) in [6, 6.07) is 0. The van der Waals surface area contributed by atoms with Gasteiger partial charge in [-0.1, -0.05) is 0 Å². The topological polar surface area (TPSA) is 70.4 Å². The number of aromatic nitrogens is 1. The number of hydrogen-bond acceptors (Lipinski definition) is 3. The Morgan fingerprint density at radius 1 is 1.73 bits per heavy atom. The molecule has 0 unspecified atom stereocenters. The molecule has 0 atom stereocenters. The average molecular weight is 258 g/mol. The van der Waals surface area contributed by atoms with Crippen LogP contribution in [0.5, 0.6) is 0 Å². The summed E-state index contributed by atoms with van der Waals surface area (Å²) in [4.78, 5) is 21.5. The fourth-order valence-corrected chi connectivity index (χ4v) is 2.96. The summed E-state index contributed by atoms with van der Waals surface area (Å²) >= 11 is 4.32. The summed E-state index contributed by atoms with van der Waals surface area (Å²) in [6.07, 6.45) is 1.23. The predicted octanol–water partition coefficient (Wildman–Crippen LogP) is 1.58. The van der Waals surface area contributed by atoms with Crippen LogP contribution in [-0.2, 0) is 10.7 Å². The van der Waals surface area contributed by atoms with E-state index in [4.69, 9.17) is 9.79 Å². The maximum atomic E-state index is 10.5. The molecule has 0 saturated heterocycles. The standard InChI is InChI=1S/C4H5BrNO3PS/c5-4-6-1-3(11-4)2-10(7,8)9/h1H,2H2,(H2,7,8,9). The highest BCUT2D eigenvalue weighted by Gasteiger charge is 2.15. The third kappa shape index (κ3) is 3.44. The van der Waals surface area contributed by atoms with Crippen LogP contribution in [0.4, 0.5) is 0 Å². The van der Waals surface area contributed by atoms with Crippen LogP contribution in [0, 0.1) is 0 Å². The van der Waals surface area contributed by atoms with E-state index in [1.807, 2.05) is 0 Å². The van der Waals surface area contributed by atoms with Gasteiger partial charge in [-0.3, -0.25) is 4.57 Å². The van der Waals surface area contributed by atoms with Gasteiger partial charge in [0.15, 0.2) is 3.92 Å². The van der Waals surface area contributed by atoms with Crippen LogP contribution in [0.25, 0.3) is 0 Å². The van der Waals surface area contributed by atoms with Gasteiger partial charge in [0.25, 0.3) is 0 Å². The van der Waals surface area contributed by atoms with Crippen LogP contribution in [0.2, 0.25) is 0 Å². The van der Waals surface area contributed by atoms with Crippen molar-refractivity contribution in [2.75, 3.05) is 0 Å². The number of nitrogens with zero attached hydrogens (tertiary/aromatic N) is 1. The minimum atomic E-state index is -3.92. The molecule has 1 aromatic heterocycles. The molecule has 0 aliphatic rings. The Hall–Kier alpha value is 0.260. The molecule has 0 amide bonds. The van der Waals surface area contributed by atoms with E-state index in [0.717, 1.165) is 0 Å². The number of hydrogen-bond donors (Lipinski definition) is 2. The van der Waals surface area contributed by atoms with Crippen LogP contribution in [0.15, 0.2) is 10.1 Å². The van der Waals surface area contributed by atoms with E-state index in [9.17, 15) is 4.57 Å². The predicted molar refractivity (Wildman–Crippen MR) is 45.6 cm³/mol. The first-order valence-electron chi connectivity index (χ1n) is 2.62. The van der Waals surface area contributed by atoms with Crippen molar-refractivity contribution in [3.8, 4) is 0 Å². The summed E-state index contributed by atoms with van der Waals surface area (Å²) < 4.78 is 11.1. The van der Waals surface area contributed by atoms with E-state index >= 15 is 0 Å². The minimum Gasteiger partial charge on any atom is -0.324 e. The normalized spacial score (nSPS) is 11.9. The molecule has 2 N–H and O–H groups in total.